The van der Waals surface area contributed by atoms with Crippen LogP contribution in [0.5, 0.6) is 0 Å². The monoisotopic (exact) mass is 577 g/mol. The van der Waals surface area contributed by atoms with Crippen LogP contribution in [0.15, 0.2) is 84.0 Å². The number of rotatable bonds is 8. The topological polar surface area (TPSA) is 129 Å². The maximum Gasteiger partial charge on any atom is 0.503 e. The molecular weight excluding hydrogens is 546 g/mol. The normalized spacial score (nSPS) is 15.7. The Morgan fingerprint density at radius 1 is 0.976 bits per heavy atom. The van der Waals surface area contributed by atoms with Gasteiger partial charge in [0.25, 0.3) is 5.91 Å². The summed E-state index contributed by atoms with van der Waals surface area (Å²) in [5.74, 6) is 0.390. The van der Waals surface area contributed by atoms with Crippen LogP contribution < -0.4 is 5.32 Å². The molecule has 9 nitrogen and oxygen atoms in total. The van der Waals surface area contributed by atoms with Crippen LogP contribution in [0.25, 0.3) is 0 Å². The molecule has 10 heteroatoms. The number of nitrogens with zero attached hydrogens (tertiary/aromatic N) is 2. The number of halogens is 1. The minimum atomic E-state index is -1.83. The largest absolute Gasteiger partial charge is 0.503 e. The van der Waals surface area contributed by atoms with Crippen molar-refractivity contribution in [3.8, 4) is 0 Å². The molecule has 5 rings (SSSR count). The van der Waals surface area contributed by atoms with E-state index in [4.69, 9.17) is 31.3 Å². The van der Waals surface area contributed by atoms with Crippen molar-refractivity contribution in [3.05, 3.63) is 106 Å². The molecule has 2 amide bonds. The lowest BCUT2D eigenvalue weighted by atomic mass is 9.83. The van der Waals surface area contributed by atoms with Crippen molar-refractivity contribution < 1.29 is 29.3 Å². The molecule has 1 fully saturated rings. The third-order valence-corrected chi connectivity index (χ3v) is 7.27. The average Bonchev–Trinajstić information content (AvgIpc) is 3.49. The van der Waals surface area contributed by atoms with Gasteiger partial charge < -0.3 is 20.3 Å². The van der Waals surface area contributed by atoms with Crippen molar-refractivity contribution in [3.63, 3.8) is 0 Å². The zero-order valence-corrected chi connectivity index (χ0v) is 23.2. The van der Waals surface area contributed by atoms with Crippen molar-refractivity contribution in [2.24, 2.45) is 11.0 Å². The summed E-state index contributed by atoms with van der Waals surface area (Å²) in [7, 11) is 0. The first kappa shape index (κ1) is 29.6. The number of benzene rings is 3. The molecule has 1 aliphatic heterocycles. The van der Waals surface area contributed by atoms with Gasteiger partial charge in [-0.1, -0.05) is 85.1 Å². The molecule has 0 aromatic heterocycles. The average molecular weight is 578 g/mol. The van der Waals surface area contributed by atoms with E-state index in [9.17, 15) is 9.59 Å². The summed E-state index contributed by atoms with van der Waals surface area (Å²) in [6.07, 6.45) is 2.62. The summed E-state index contributed by atoms with van der Waals surface area (Å²) < 4.78 is 5.54. The lowest BCUT2D eigenvalue weighted by Crippen LogP contribution is -2.36. The molecule has 3 aromatic rings. The van der Waals surface area contributed by atoms with Gasteiger partial charge in [-0.25, -0.2) is 9.80 Å². The van der Waals surface area contributed by atoms with Gasteiger partial charge in [-0.2, -0.15) is 0 Å². The lowest BCUT2D eigenvalue weighted by Gasteiger charge is -2.25. The van der Waals surface area contributed by atoms with Crippen LogP contribution in [-0.4, -0.2) is 45.7 Å². The van der Waals surface area contributed by atoms with E-state index in [1.54, 1.807) is 12.1 Å². The van der Waals surface area contributed by atoms with Gasteiger partial charge >= 0.3 is 6.16 Å². The number of hydrogen-bond acceptors (Lipinski definition) is 5. The maximum atomic E-state index is 13.3. The molecule has 3 N–H and O–H groups in total. The van der Waals surface area contributed by atoms with E-state index in [1.165, 1.54) is 5.01 Å². The Bertz CT molecular complexity index is 1370. The molecule has 1 heterocycles. The minimum absolute atomic E-state index is 0.0719. The van der Waals surface area contributed by atoms with Crippen LogP contribution in [0, 0.1) is 5.92 Å². The summed E-state index contributed by atoms with van der Waals surface area (Å²) in [6, 6.07) is 25.2. The highest BCUT2D eigenvalue weighted by Gasteiger charge is 2.32. The number of carbonyl (C=O) groups excluding carboxylic acids is 2. The summed E-state index contributed by atoms with van der Waals surface area (Å²) in [5.41, 5.74) is 3.76. The van der Waals surface area contributed by atoms with Gasteiger partial charge in [0.1, 0.15) is 0 Å². The SMILES string of the molecule is O=C(NCc1ccccc1)C(c1ccc(CN2N=C(c3cccc(Cl)c3)OCC2=O)cc1)C1CCCC1.O=C(O)O. The summed E-state index contributed by atoms with van der Waals surface area (Å²) in [5, 5.41) is 23.5. The zero-order valence-electron chi connectivity index (χ0n) is 22.4. The third kappa shape index (κ3) is 8.56. The van der Waals surface area contributed by atoms with Gasteiger partial charge in [0, 0.05) is 17.1 Å². The fraction of sp³-hybridized carbons (Fsp3) is 0.290. The highest BCUT2D eigenvalue weighted by molar-refractivity contribution is 6.31. The van der Waals surface area contributed by atoms with Crippen LogP contribution in [0.3, 0.4) is 0 Å². The van der Waals surface area contributed by atoms with E-state index >= 15 is 0 Å². The van der Waals surface area contributed by atoms with Crippen molar-refractivity contribution in [2.75, 3.05) is 6.61 Å². The number of hydrogen-bond donors (Lipinski definition) is 3. The second kappa shape index (κ2) is 14.3. The molecule has 0 radical (unpaired) electrons. The molecule has 0 bridgehead atoms. The van der Waals surface area contributed by atoms with Crippen LogP contribution in [0.4, 0.5) is 4.79 Å². The first-order valence-corrected chi connectivity index (χ1v) is 13.8. The number of carboxylic acid groups (broad SMARTS) is 2. The Labute approximate surface area is 243 Å². The molecule has 214 valence electrons. The van der Waals surface area contributed by atoms with Crippen LogP contribution in [-0.2, 0) is 27.4 Å². The number of ether oxygens (including phenoxy) is 1. The Balaban J connectivity index is 0.000000909. The van der Waals surface area contributed by atoms with E-state index in [0.29, 0.717) is 29.9 Å². The predicted molar refractivity (Wildman–Crippen MR) is 155 cm³/mol. The number of hydrazone groups is 1. The standard InChI is InChI=1S/C30H30ClN3O3.CH2O3/c31-26-12-6-11-25(17-26)30-33-34(27(35)20-37-30)19-22-13-15-24(16-14-22)28(23-9-4-5-10-23)29(36)32-18-21-7-2-1-3-8-21;2-1(3)4/h1-3,6-8,11-17,23,28H,4-5,9-10,18-20H2,(H,32,36);(H2,2,3,4). The molecule has 2 aliphatic rings. The van der Waals surface area contributed by atoms with E-state index in [0.717, 1.165) is 47.9 Å². The molecule has 1 saturated carbocycles. The molecular formula is C31H32ClN3O6. The van der Waals surface area contributed by atoms with Crippen LogP contribution >= 0.6 is 11.6 Å². The second-order valence-electron chi connectivity index (χ2n) is 9.91. The van der Waals surface area contributed by atoms with Gasteiger partial charge in [0.05, 0.1) is 12.5 Å². The van der Waals surface area contributed by atoms with Crippen molar-refractivity contribution in [2.45, 2.75) is 44.7 Å². The molecule has 0 spiro atoms. The third-order valence-electron chi connectivity index (χ3n) is 7.04. The van der Waals surface area contributed by atoms with E-state index in [1.807, 2.05) is 66.7 Å². The van der Waals surface area contributed by atoms with Crippen LogP contribution in [0.2, 0.25) is 5.02 Å². The van der Waals surface area contributed by atoms with E-state index in [-0.39, 0.29) is 24.3 Å². The zero-order chi connectivity index (χ0) is 29.2. The highest BCUT2D eigenvalue weighted by Crippen LogP contribution is 2.37. The molecule has 3 aromatic carbocycles. The Morgan fingerprint density at radius 3 is 2.32 bits per heavy atom. The lowest BCUT2D eigenvalue weighted by molar-refractivity contribution is -0.136. The Morgan fingerprint density at radius 2 is 1.66 bits per heavy atom. The first-order chi connectivity index (χ1) is 19.8. The van der Waals surface area contributed by atoms with Gasteiger partial charge in [-0.15, -0.1) is 5.10 Å². The summed E-state index contributed by atoms with van der Waals surface area (Å²) in [6.45, 7) is 0.767. The van der Waals surface area contributed by atoms with Gasteiger partial charge in [0.15, 0.2) is 6.61 Å². The number of amides is 2. The van der Waals surface area contributed by atoms with Crippen molar-refractivity contribution in [1.29, 1.82) is 0 Å². The molecule has 1 unspecified atom stereocenters. The molecule has 1 aliphatic carbocycles. The summed E-state index contributed by atoms with van der Waals surface area (Å²) >= 11 is 6.10. The van der Waals surface area contributed by atoms with Crippen LogP contribution in [0.1, 0.15) is 53.9 Å². The predicted octanol–water partition coefficient (Wildman–Crippen LogP) is 5.87. The van der Waals surface area contributed by atoms with Crippen molar-refractivity contribution >= 4 is 35.5 Å². The number of carbonyl (C=O) groups is 3. The number of nitrogens with one attached hydrogen (secondary N) is 1. The van der Waals surface area contributed by atoms with Gasteiger partial charge in [0.2, 0.25) is 11.8 Å². The maximum absolute atomic E-state index is 13.3. The molecule has 0 saturated heterocycles. The minimum Gasteiger partial charge on any atom is -0.466 e. The summed E-state index contributed by atoms with van der Waals surface area (Å²) in [4.78, 5) is 34.4. The van der Waals surface area contributed by atoms with Crippen molar-refractivity contribution in [1.82, 2.24) is 10.3 Å². The Kier molecular flexibility index (Phi) is 10.3. The quantitative estimate of drug-likeness (QED) is 0.307. The first-order valence-electron chi connectivity index (χ1n) is 13.4. The van der Waals surface area contributed by atoms with Gasteiger partial charge in [-0.05, 0) is 53.6 Å². The van der Waals surface area contributed by atoms with Gasteiger partial charge in [-0.3, -0.25) is 9.59 Å². The molecule has 1 atom stereocenters. The second-order valence-corrected chi connectivity index (χ2v) is 10.3. The fourth-order valence-corrected chi connectivity index (χ4v) is 5.30. The highest BCUT2D eigenvalue weighted by atomic mass is 35.5. The smallest absolute Gasteiger partial charge is 0.466 e. The molecule has 41 heavy (non-hydrogen) atoms. The van der Waals surface area contributed by atoms with E-state index in [2.05, 4.69) is 10.4 Å². The fourth-order valence-electron chi connectivity index (χ4n) is 5.11. The van der Waals surface area contributed by atoms with E-state index < -0.39 is 6.16 Å². The Hall–Kier alpha value is -4.37.